The molecule has 7 nitrogen and oxygen atoms in total. The van der Waals surface area contributed by atoms with Crippen LogP contribution in [0.1, 0.15) is 11.9 Å². The highest BCUT2D eigenvalue weighted by Crippen LogP contribution is 2.36. The highest BCUT2D eigenvalue weighted by Gasteiger charge is 2.28. The van der Waals surface area contributed by atoms with Crippen molar-refractivity contribution in [2.75, 3.05) is 12.4 Å². The summed E-state index contributed by atoms with van der Waals surface area (Å²) in [6.45, 7) is 4.59. The van der Waals surface area contributed by atoms with E-state index in [1.165, 1.54) is 11.8 Å². The summed E-state index contributed by atoms with van der Waals surface area (Å²) in [6, 6.07) is 7.47. The Morgan fingerprint density at radius 3 is 2.96 bits per heavy atom. The summed E-state index contributed by atoms with van der Waals surface area (Å²) in [6.07, 6.45) is 1.36. The van der Waals surface area contributed by atoms with E-state index < -0.39 is 5.91 Å². The zero-order valence-corrected chi connectivity index (χ0v) is 13.2. The van der Waals surface area contributed by atoms with Gasteiger partial charge in [-0.3, -0.25) is 9.36 Å². The first-order valence-electron chi connectivity index (χ1n) is 7.02. The van der Waals surface area contributed by atoms with E-state index in [2.05, 4.69) is 16.8 Å². The number of benzene rings is 1. The molecule has 1 aromatic heterocycles. The van der Waals surface area contributed by atoms with Crippen LogP contribution in [0.4, 0.5) is 0 Å². The number of nitrogens with zero attached hydrogens (tertiary/aromatic N) is 3. The Kier molecular flexibility index (Phi) is 4.52. The number of carbonyl (C=O) groups is 1. The number of hydrogen-bond donors (Lipinski definition) is 1. The minimum Gasteiger partial charge on any atom is -0.485 e. The summed E-state index contributed by atoms with van der Waals surface area (Å²) in [7, 11) is 0. The Morgan fingerprint density at radius 2 is 2.22 bits per heavy atom. The van der Waals surface area contributed by atoms with Crippen molar-refractivity contribution in [3.8, 4) is 11.5 Å². The number of carbonyl (C=O) groups excluding carboxylic acids is 1. The van der Waals surface area contributed by atoms with E-state index in [1.54, 1.807) is 6.08 Å². The van der Waals surface area contributed by atoms with Crippen LogP contribution in [0.3, 0.4) is 0 Å². The number of hydrogen-bond acceptors (Lipinski definition) is 6. The van der Waals surface area contributed by atoms with Gasteiger partial charge in [0, 0.05) is 6.54 Å². The van der Waals surface area contributed by atoms with Crippen LogP contribution in [0.25, 0.3) is 0 Å². The van der Waals surface area contributed by atoms with Crippen molar-refractivity contribution in [3.05, 3.63) is 42.7 Å². The average Bonchev–Trinajstić information content (AvgIpc) is 2.95. The number of aromatic nitrogens is 3. The highest BCUT2D eigenvalue weighted by molar-refractivity contribution is 7.99. The van der Waals surface area contributed by atoms with Gasteiger partial charge < -0.3 is 15.2 Å². The van der Waals surface area contributed by atoms with E-state index in [4.69, 9.17) is 15.2 Å². The van der Waals surface area contributed by atoms with Crippen LogP contribution in [0.15, 0.2) is 42.1 Å². The number of amides is 1. The van der Waals surface area contributed by atoms with Crippen molar-refractivity contribution in [1.82, 2.24) is 14.8 Å². The van der Waals surface area contributed by atoms with Crippen molar-refractivity contribution in [2.45, 2.75) is 17.8 Å². The Labute approximate surface area is 137 Å². The van der Waals surface area contributed by atoms with Gasteiger partial charge in [-0.1, -0.05) is 30.0 Å². The van der Waals surface area contributed by atoms with Crippen LogP contribution >= 0.6 is 11.8 Å². The lowest BCUT2D eigenvalue weighted by atomic mass is 10.2. The normalized spacial score (nSPS) is 16.1. The number of primary amides is 1. The van der Waals surface area contributed by atoms with Crippen LogP contribution in [0.5, 0.6) is 11.5 Å². The molecule has 0 aliphatic carbocycles. The predicted octanol–water partition coefficient (Wildman–Crippen LogP) is 1.55. The molecule has 0 saturated heterocycles. The monoisotopic (exact) mass is 332 g/mol. The van der Waals surface area contributed by atoms with E-state index in [-0.39, 0.29) is 11.9 Å². The zero-order valence-electron chi connectivity index (χ0n) is 12.3. The van der Waals surface area contributed by atoms with E-state index >= 15 is 0 Å². The third kappa shape index (κ3) is 3.31. The number of nitrogens with two attached hydrogens (primary N) is 1. The molecule has 1 amide bonds. The molecule has 2 N–H and O–H groups in total. The van der Waals surface area contributed by atoms with Crippen molar-refractivity contribution in [2.24, 2.45) is 5.73 Å². The lowest BCUT2D eigenvalue weighted by molar-refractivity contribution is -0.115. The zero-order chi connectivity index (χ0) is 16.2. The van der Waals surface area contributed by atoms with Gasteiger partial charge >= 0.3 is 0 Å². The molecule has 0 unspecified atom stereocenters. The first-order valence-corrected chi connectivity index (χ1v) is 8.01. The Hall–Kier alpha value is -2.48. The summed E-state index contributed by atoms with van der Waals surface area (Å²) in [5, 5.41) is 8.92. The van der Waals surface area contributed by atoms with E-state index in [0.29, 0.717) is 35.6 Å². The Morgan fingerprint density at radius 1 is 1.43 bits per heavy atom. The van der Waals surface area contributed by atoms with Gasteiger partial charge in [0.1, 0.15) is 6.61 Å². The number of rotatable bonds is 6. The molecule has 1 aromatic carbocycles. The van der Waals surface area contributed by atoms with Crippen LogP contribution in [-0.2, 0) is 11.3 Å². The summed E-state index contributed by atoms with van der Waals surface area (Å²) < 4.78 is 13.5. The van der Waals surface area contributed by atoms with Crippen molar-refractivity contribution < 1.29 is 14.3 Å². The molecule has 0 saturated carbocycles. The largest absolute Gasteiger partial charge is 0.485 e. The van der Waals surface area contributed by atoms with Crippen LogP contribution in [0, 0.1) is 0 Å². The van der Waals surface area contributed by atoms with Gasteiger partial charge in [-0.15, -0.1) is 16.8 Å². The fourth-order valence-electron chi connectivity index (χ4n) is 2.23. The van der Waals surface area contributed by atoms with Crippen molar-refractivity contribution >= 4 is 17.7 Å². The lowest BCUT2D eigenvalue weighted by Gasteiger charge is -2.26. The van der Waals surface area contributed by atoms with Crippen LogP contribution in [-0.4, -0.2) is 33.0 Å². The maximum absolute atomic E-state index is 11.0. The molecular weight excluding hydrogens is 316 g/mol. The standard InChI is InChI=1S/C15H16N4O3S/c1-2-7-19-14(17-18-15(19)23-9-13(16)20)12-8-21-10-5-3-4-6-11(10)22-12/h2-6,12H,1,7-9H2,(H2,16,20)/t12-/m1/s1. The average molecular weight is 332 g/mol. The van der Waals surface area contributed by atoms with Gasteiger partial charge in [-0.05, 0) is 12.1 Å². The third-order valence-electron chi connectivity index (χ3n) is 3.20. The van der Waals surface area contributed by atoms with Crippen LogP contribution < -0.4 is 15.2 Å². The fraction of sp³-hybridized carbons (Fsp3) is 0.267. The molecule has 23 heavy (non-hydrogen) atoms. The number of para-hydroxylation sites is 2. The molecule has 1 aliphatic rings. The fourth-order valence-corrected chi connectivity index (χ4v) is 2.92. The van der Waals surface area contributed by atoms with E-state index in [1.807, 2.05) is 28.8 Å². The second-order valence-electron chi connectivity index (χ2n) is 4.86. The maximum Gasteiger partial charge on any atom is 0.227 e. The first-order chi connectivity index (χ1) is 11.2. The maximum atomic E-state index is 11.0. The number of ether oxygens (including phenoxy) is 2. The minimum atomic E-state index is -0.407. The molecule has 8 heteroatoms. The second-order valence-corrected chi connectivity index (χ2v) is 5.80. The van der Waals surface area contributed by atoms with E-state index in [9.17, 15) is 4.79 Å². The summed E-state index contributed by atoms with van der Waals surface area (Å²) >= 11 is 1.24. The van der Waals surface area contributed by atoms with E-state index in [0.717, 1.165) is 0 Å². The molecule has 3 rings (SSSR count). The molecule has 0 fully saturated rings. The number of fused-ring (bicyclic) bond motifs is 1. The Balaban J connectivity index is 1.85. The van der Waals surface area contributed by atoms with Gasteiger partial charge in [-0.25, -0.2) is 0 Å². The summed E-state index contributed by atoms with van der Waals surface area (Å²) in [5.41, 5.74) is 5.18. The minimum absolute atomic E-state index is 0.139. The smallest absolute Gasteiger partial charge is 0.227 e. The summed E-state index contributed by atoms with van der Waals surface area (Å²) in [5.74, 6) is 1.74. The molecule has 0 bridgehead atoms. The predicted molar refractivity (Wildman–Crippen MR) is 85.4 cm³/mol. The van der Waals surface area contributed by atoms with Gasteiger partial charge in [0.05, 0.1) is 5.75 Å². The number of thioether (sulfide) groups is 1. The molecule has 2 heterocycles. The molecule has 2 aromatic rings. The first kappa shape index (κ1) is 15.4. The molecule has 1 atom stereocenters. The topological polar surface area (TPSA) is 92.3 Å². The number of allylic oxidation sites excluding steroid dienone is 1. The van der Waals surface area contributed by atoms with Gasteiger partial charge in [0.15, 0.2) is 28.6 Å². The Bertz CT molecular complexity index is 731. The lowest BCUT2D eigenvalue weighted by Crippen LogP contribution is -2.25. The molecule has 120 valence electrons. The molecule has 0 radical (unpaired) electrons. The van der Waals surface area contributed by atoms with Crippen molar-refractivity contribution in [3.63, 3.8) is 0 Å². The van der Waals surface area contributed by atoms with Gasteiger partial charge in [-0.2, -0.15) is 0 Å². The second kappa shape index (κ2) is 6.74. The quantitative estimate of drug-likeness (QED) is 0.637. The SMILES string of the molecule is C=CCn1c(SCC(N)=O)nnc1[C@H]1COc2ccccc2O1. The third-order valence-corrected chi connectivity index (χ3v) is 4.19. The van der Waals surface area contributed by atoms with Crippen LogP contribution in [0.2, 0.25) is 0 Å². The summed E-state index contributed by atoms with van der Waals surface area (Å²) in [4.78, 5) is 11.0. The highest BCUT2D eigenvalue weighted by atomic mass is 32.2. The van der Waals surface area contributed by atoms with Crippen molar-refractivity contribution in [1.29, 1.82) is 0 Å². The molecule has 0 spiro atoms. The molecular formula is C15H16N4O3S. The molecule has 1 aliphatic heterocycles. The van der Waals surface area contributed by atoms with Gasteiger partial charge in [0.25, 0.3) is 0 Å². The van der Waals surface area contributed by atoms with Gasteiger partial charge in [0.2, 0.25) is 5.91 Å².